The van der Waals surface area contributed by atoms with Crippen molar-refractivity contribution < 1.29 is 4.79 Å². The third kappa shape index (κ3) is 5.74. The molecule has 0 atom stereocenters. The fourth-order valence-corrected chi connectivity index (χ4v) is 4.05. The number of thioether (sulfide) groups is 1. The van der Waals surface area contributed by atoms with Crippen LogP contribution in [0.1, 0.15) is 37.1 Å². The number of aryl methyl sites for hydroxylation is 3. The molecule has 2 aromatic heterocycles. The van der Waals surface area contributed by atoms with Gasteiger partial charge in [0.25, 0.3) is 5.91 Å². The molecule has 0 bridgehead atoms. The van der Waals surface area contributed by atoms with E-state index in [0.29, 0.717) is 5.56 Å². The molecule has 0 saturated carbocycles. The molecule has 0 aliphatic carbocycles. The third-order valence-electron chi connectivity index (χ3n) is 3.66. The lowest BCUT2D eigenvalue weighted by atomic mass is 10.1. The summed E-state index contributed by atoms with van der Waals surface area (Å²) < 4.78 is 0. The highest BCUT2D eigenvalue weighted by molar-refractivity contribution is 7.98. The van der Waals surface area contributed by atoms with Gasteiger partial charge in [0.1, 0.15) is 0 Å². The summed E-state index contributed by atoms with van der Waals surface area (Å²) in [4.78, 5) is 23.2. The Balaban J connectivity index is 1.54. The van der Waals surface area contributed by atoms with Gasteiger partial charge in [0, 0.05) is 32.5 Å². The third-order valence-corrected chi connectivity index (χ3v) is 5.52. The van der Waals surface area contributed by atoms with Gasteiger partial charge in [-0.05, 0) is 56.7 Å². The molecule has 5 nitrogen and oxygen atoms in total. The molecule has 0 spiro atoms. The lowest BCUT2D eigenvalue weighted by molar-refractivity contribution is 0.0955. The van der Waals surface area contributed by atoms with Crippen molar-refractivity contribution in [3.8, 4) is 0 Å². The molecule has 2 heterocycles. The molecule has 0 saturated heterocycles. The standard InChI is InChI=1S/C20H20N4OS2/c1-13-10-14(2)23-20(22-13)26-12-16-5-7-17(8-6-16)19(25)24-21-11-18-9-4-15(3)27-18/h4-11H,12H2,1-3H3,(H,24,25). The van der Waals surface area contributed by atoms with E-state index in [9.17, 15) is 4.79 Å². The molecule has 0 unspecified atom stereocenters. The Labute approximate surface area is 167 Å². The van der Waals surface area contributed by atoms with Gasteiger partial charge in [-0.15, -0.1) is 11.3 Å². The van der Waals surface area contributed by atoms with Gasteiger partial charge in [0.2, 0.25) is 0 Å². The van der Waals surface area contributed by atoms with Gasteiger partial charge in [0.05, 0.1) is 6.21 Å². The molecule has 1 N–H and O–H groups in total. The first-order chi connectivity index (χ1) is 13.0. The lowest BCUT2D eigenvalue weighted by Crippen LogP contribution is -2.17. The SMILES string of the molecule is Cc1cc(C)nc(SCc2ccc(C(=O)NN=Cc3ccc(C)s3)cc2)n1. The van der Waals surface area contributed by atoms with Crippen LogP contribution in [0.2, 0.25) is 0 Å². The summed E-state index contributed by atoms with van der Waals surface area (Å²) in [6.07, 6.45) is 1.66. The van der Waals surface area contributed by atoms with E-state index in [1.165, 1.54) is 4.88 Å². The van der Waals surface area contributed by atoms with Crippen LogP contribution in [-0.2, 0) is 5.75 Å². The maximum Gasteiger partial charge on any atom is 0.271 e. The van der Waals surface area contributed by atoms with Crippen LogP contribution in [0.25, 0.3) is 0 Å². The highest BCUT2D eigenvalue weighted by atomic mass is 32.2. The first-order valence-corrected chi connectivity index (χ1v) is 10.2. The van der Waals surface area contributed by atoms with Gasteiger partial charge in [-0.3, -0.25) is 4.79 Å². The number of nitrogens with one attached hydrogen (secondary N) is 1. The second-order valence-electron chi connectivity index (χ2n) is 6.07. The van der Waals surface area contributed by atoms with Crippen molar-refractivity contribution >= 4 is 35.2 Å². The fourth-order valence-electron chi connectivity index (χ4n) is 2.40. The molecule has 1 amide bonds. The van der Waals surface area contributed by atoms with Crippen LogP contribution in [0.5, 0.6) is 0 Å². The van der Waals surface area contributed by atoms with Crippen LogP contribution >= 0.6 is 23.1 Å². The molecule has 7 heteroatoms. The Bertz CT molecular complexity index is 944. The zero-order chi connectivity index (χ0) is 19.2. The van der Waals surface area contributed by atoms with Crippen molar-refractivity contribution in [3.63, 3.8) is 0 Å². The number of rotatable bonds is 6. The van der Waals surface area contributed by atoms with Crippen LogP contribution in [0.4, 0.5) is 0 Å². The molecule has 1 aromatic carbocycles. The number of amides is 1. The van der Waals surface area contributed by atoms with Gasteiger partial charge in [-0.2, -0.15) is 5.10 Å². The second kappa shape index (κ2) is 8.92. The Morgan fingerprint density at radius 1 is 1.11 bits per heavy atom. The van der Waals surface area contributed by atoms with E-state index in [4.69, 9.17) is 0 Å². The first-order valence-electron chi connectivity index (χ1n) is 8.43. The van der Waals surface area contributed by atoms with Crippen molar-refractivity contribution in [2.24, 2.45) is 5.10 Å². The number of hydrogen-bond acceptors (Lipinski definition) is 6. The van der Waals surface area contributed by atoms with Gasteiger partial charge in [-0.1, -0.05) is 23.9 Å². The number of hydrazone groups is 1. The molecule has 0 radical (unpaired) electrons. The fraction of sp³-hybridized carbons (Fsp3) is 0.200. The monoisotopic (exact) mass is 396 g/mol. The summed E-state index contributed by atoms with van der Waals surface area (Å²) in [5.74, 6) is 0.525. The topological polar surface area (TPSA) is 67.2 Å². The first kappa shape index (κ1) is 19.3. The number of nitrogens with zero attached hydrogens (tertiary/aromatic N) is 3. The Morgan fingerprint density at radius 3 is 2.44 bits per heavy atom. The number of hydrogen-bond donors (Lipinski definition) is 1. The zero-order valence-electron chi connectivity index (χ0n) is 15.4. The largest absolute Gasteiger partial charge is 0.271 e. The Kier molecular flexibility index (Phi) is 6.36. The van der Waals surface area contributed by atoms with Crippen LogP contribution in [0, 0.1) is 20.8 Å². The van der Waals surface area contributed by atoms with Crippen molar-refractivity contribution in [2.45, 2.75) is 31.7 Å². The van der Waals surface area contributed by atoms with Gasteiger partial charge in [0.15, 0.2) is 5.16 Å². The number of aromatic nitrogens is 2. The van der Waals surface area contributed by atoms with E-state index in [1.54, 1.807) is 41.4 Å². The Hall–Kier alpha value is -2.51. The van der Waals surface area contributed by atoms with Gasteiger partial charge in [-0.25, -0.2) is 15.4 Å². The maximum absolute atomic E-state index is 12.2. The summed E-state index contributed by atoms with van der Waals surface area (Å²) in [5, 5.41) is 4.78. The minimum absolute atomic E-state index is 0.226. The average molecular weight is 397 g/mol. The second-order valence-corrected chi connectivity index (χ2v) is 8.33. The summed E-state index contributed by atoms with van der Waals surface area (Å²) >= 11 is 3.21. The van der Waals surface area contributed by atoms with E-state index in [0.717, 1.165) is 32.7 Å². The van der Waals surface area contributed by atoms with E-state index < -0.39 is 0 Å². The Morgan fingerprint density at radius 2 is 1.81 bits per heavy atom. The minimum atomic E-state index is -0.226. The van der Waals surface area contributed by atoms with E-state index in [2.05, 4.69) is 20.5 Å². The van der Waals surface area contributed by atoms with E-state index >= 15 is 0 Å². The van der Waals surface area contributed by atoms with Crippen molar-refractivity contribution in [2.75, 3.05) is 0 Å². The van der Waals surface area contributed by atoms with Crippen molar-refractivity contribution in [3.05, 3.63) is 74.7 Å². The molecule has 0 aliphatic rings. The molecule has 138 valence electrons. The smallest absolute Gasteiger partial charge is 0.267 e. The van der Waals surface area contributed by atoms with Crippen LogP contribution < -0.4 is 5.43 Å². The number of carbonyl (C=O) groups is 1. The highest BCUT2D eigenvalue weighted by Crippen LogP contribution is 2.20. The van der Waals surface area contributed by atoms with Gasteiger partial charge < -0.3 is 0 Å². The molecular formula is C20H20N4OS2. The van der Waals surface area contributed by atoms with Crippen molar-refractivity contribution in [1.82, 2.24) is 15.4 Å². The molecular weight excluding hydrogens is 376 g/mol. The number of thiophene rings is 1. The molecule has 27 heavy (non-hydrogen) atoms. The van der Waals surface area contributed by atoms with Crippen molar-refractivity contribution in [1.29, 1.82) is 0 Å². The van der Waals surface area contributed by atoms with Crippen LogP contribution in [0.15, 0.2) is 52.7 Å². The average Bonchev–Trinajstić information content (AvgIpc) is 3.05. The summed E-state index contributed by atoms with van der Waals surface area (Å²) in [6, 6.07) is 13.4. The number of carbonyl (C=O) groups excluding carboxylic acids is 1. The maximum atomic E-state index is 12.2. The van der Waals surface area contributed by atoms with Crippen LogP contribution in [0.3, 0.4) is 0 Å². The predicted octanol–water partition coefficient (Wildman–Crippen LogP) is 4.52. The summed E-state index contributed by atoms with van der Waals surface area (Å²) in [7, 11) is 0. The summed E-state index contributed by atoms with van der Waals surface area (Å²) in [6.45, 7) is 5.97. The summed E-state index contributed by atoms with van der Waals surface area (Å²) in [5.41, 5.74) is 6.18. The molecule has 0 aliphatic heterocycles. The zero-order valence-corrected chi connectivity index (χ0v) is 17.0. The minimum Gasteiger partial charge on any atom is -0.267 e. The normalized spacial score (nSPS) is 11.1. The molecule has 3 rings (SSSR count). The quantitative estimate of drug-likeness (QED) is 0.288. The predicted molar refractivity (Wildman–Crippen MR) is 112 cm³/mol. The van der Waals surface area contributed by atoms with Crippen LogP contribution in [-0.4, -0.2) is 22.1 Å². The highest BCUT2D eigenvalue weighted by Gasteiger charge is 2.06. The van der Waals surface area contributed by atoms with Gasteiger partial charge >= 0.3 is 0 Å². The van der Waals surface area contributed by atoms with E-state index in [-0.39, 0.29) is 5.91 Å². The lowest BCUT2D eigenvalue weighted by Gasteiger charge is -2.04. The molecule has 0 fully saturated rings. The van der Waals surface area contributed by atoms with E-state index in [1.807, 2.05) is 51.1 Å². The number of benzene rings is 1. The molecule has 3 aromatic rings.